The molecule has 0 atom stereocenters. The number of nitrogen functional groups attached to an aromatic ring is 1. The molecule has 3 nitrogen and oxygen atoms in total. The monoisotopic (exact) mass is 307 g/mol. The highest BCUT2D eigenvalue weighted by molar-refractivity contribution is 7.99. The summed E-state index contributed by atoms with van der Waals surface area (Å²) in [7, 11) is 0. The molecule has 5 heteroatoms. The molecule has 0 aromatic heterocycles. The minimum absolute atomic E-state index is 0.279. The van der Waals surface area contributed by atoms with Crippen LogP contribution in [-0.2, 0) is 0 Å². The van der Waals surface area contributed by atoms with E-state index in [1.807, 2.05) is 31.2 Å². The van der Waals surface area contributed by atoms with E-state index in [0.29, 0.717) is 24.7 Å². The molecule has 0 heterocycles. The Kier molecular flexibility index (Phi) is 5.75. The van der Waals surface area contributed by atoms with Crippen molar-refractivity contribution in [2.45, 2.75) is 11.8 Å². The predicted molar refractivity (Wildman–Crippen MR) is 84.6 cm³/mol. The summed E-state index contributed by atoms with van der Waals surface area (Å²) in [6.45, 7) is 3.11. The Morgan fingerprint density at radius 1 is 1.05 bits per heavy atom. The fraction of sp³-hybridized carbons (Fsp3) is 0.250. The van der Waals surface area contributed by atoms with Crippen LogP contribution in [0.3, 0.4) is 0 Å². The van der Waals surface area contributed by atoms with Crippen LogP contribution in [0.5, 0.6) is 11.5 Å². The molecule has 0 bridgehead atoms. The molecule has 0 saturated carbocycles. The van der Waals surface area contributed by atoms with Crippen molar-refractivity contribution in [1.29, 1.82) is 0 Å². The minimum atomic E-state index is -0.279. The van der Waals surface area contributed by atoms with Crippen molar-refractivity contribution in [2.75, 3.05) is 24.7 Å². The van der Waals surface area contributed by atoms with E-state index in [2.05, 4.69) is 0 Å². The van der Waals surface area contributed by atoms with Gasteiger partial charge in [0.25, 0.3) is 0 Å². The number of rotatable bonds is 7. The van der Waals surface area contributed by atoms with Crippen molar-refractivity contribution < 1.29 is 13.9 Å². The van der Waals surface area contributed by atoms with Gasteiger partial charge >= 0.3 is 0 Å². The first-order valence-corrected chi connectivity index (χ1v) is 7.71. The fourth-order valence-electron chi connectivity index (χ4n) is 1.74. The zero-order valence-electron chi connectivity index (χ0n) is 11.8. The predicted octanol–water partition coefficient (Wildman–Crippen LogP) is 3.98. The third kappa shape index (κ3) is 4.86. The van der Waals surface area contributed by atoms with Crippen LogP contribution >= 0.6 is 11.8 Å². The molecule has 0 amide bonds. The van der Waals surface area contributed by atoms with Gasteiger partial charge < -0.3 is 15.2 Å². The highest BCUT2D eigenvalue weighted by Gasteiger charge is 2.02. The van der Waals surface area contributed by atoms with Crippen LogP contribution in [0.15, 0.2) is 47.4 Å². The number of anilines is 1. The first-order chi connectivity index (χ1) is 10.2. The molecule has 2 aromatic carbocycles. The lowest BCUT2D eigenvalue weighted by Crippen LogP contribution is -2.01. The Hall–Kier alpha value is -1.88. The highest BCUT2D eigenvalue weighted by Crippen LogP contribution is 2.26. The molecule has 2 aromatic rings. The molecule has 21 heavy (non-hydrogen) atoms. The van der Waals surface area contributed by atoms with E-state index in [1.165, 1.54) is 23.9 Å². The smallest absolute Gasteiger partial charge is 0.124 e. The number of ether oxygens (including phenoxy) is 2. The molecule has 0 aliphatic carbocycles. The summed E-state index contributed by atoms with van der Waals surface area (Å²) >= 11 is 1.48. The normalized spacial score (nSPS) is 10.4. The maximum absolute atomic E-state index is 13.1. The Bertz CT molecular complexity index is 575. The summed E-state index contributed by atoms with van der Waals surface area (Å²) in [4.78, 5) is 0.741. The molecule has 0 aliphatic rings. The number of benzene rings is 2. The third-order valence-corrected chi connectivity index (χ3v) is 3.76. The molecule has 0 unspecified atom stereocenters. The second kappa shape index (κ2) is 7.78. The van der Waals surface area contributed by atoms with E-state index in [0.717, 1.165) is 16.4 Å². The Labute approximate surface area is 128 Å². The first kappa shape index (κ1) is 15.5. The van der Waals surface area contributed by atoms with Crippen molar-refractivity contribution in [3.8, 4) is 11.5 Å². The second-order valence-corrected chi connectivity index (χ2v) is 5.42. The number of thioether (sulfide) groups is 1. The highest BCUT2D eigenvalue weighted by atomic mass is 32.2. The fourth-order valence-corrected chi connectivity index (χ4v) is 2.56. The van der Waals surface area contributed by atoms with Crippen LogP contribution in [0, 0.1) is 5.82 Å². The number of nitrogens with two attached hydrogens (primary N) is 1. The van der Waals surface area contributed by atoms with Crippen molar-refractivity contribution in [3.63, 3.8) is 0 Å². The summed E-state index contributed by atoms with van der Waals surface area (Å²) < 4.78 is 24.1. The van der Waals surface area contributed by atoms with Crippen molar-refractivity contribution in [3.05, 3.63) is 48.3 Å². The van der Waals surface area contributed by atoms with E-state index in [4.69, 9.17) is 15.2 Å². The average Bonchev–Trinajstić information content (AvgIpc) is 2.49. The maximum Gasteiger partial charge on any atom is 0.124 e. The van der Waals surface area contributed by atoms with E-state index in [9.17, 15) is 4.39 Å². The summed E-state index contributed by atoms with van der Waals surface area (Å²) in [6, 6.07) is 11.9. The lowest BCUT2D eigenvalue weighted by atomic mass is 10.3. The maximum atomic E-state index is 13.1. The molecule has 0 spiro atoms. The van der Waals surface area contributed by atoms with E-state index in [1.54, 1.807) is 6.07 Å². The molecule has 2 N–H and O–H groups in total. The SMILES string of the molecule is CCOc1ccc(OCCSc2cc(F)ccc2N)cc1. The van der Waals surface area contributed by atoms with Crippen LogP contribution in [-0.4, -0.2) is 19.0 Å². The molecule has 0 fully saturated rings. The molecule has 2 rings (SSSR count). The summed E-state index contributed by atoms with van der Waals surface area (Å²) in [5, 5.41) is 0. The standard InChI is InChI=1S/C16H18FNO2S/c1-2-19-13-4-6-14(7-5-13)20-9-10-21-16-11-12(17)3-8-15(16)18/h3-8,11H,2,9-10,18H2,1H3. The first-order valence-electron chi connectivity index (χ1n) is 6.72. The van der Waals surface area contributed by atoms with Crippen molar-refractivity contribution in [1.82, 2.24) is 0 Å². The summed E-state index contributed by atoms with van der Waals surface area (Å²) in [5.74, 6) is 2.03. The molecule has 0 saturated heterocycles. The van der Waals surface area contributed by atoms with Crippen LogP contribution in [0.1, 0.15) is 6.92 Å². The molecular formula is C16H18FNO2S. The van der Waals surface area contributed by atoms with Gasteiger partial charge in [0, 0.05) is 16.3 Å². The molecule has 112 valence electrons. The van der Waals surface area contributed by atoms with Gasteiger partial charge in [-0.1, -0.05) is 0 Å². The van der Waals surface area contributed by atoms with E-state index in [-0.39, 0.29) is 5.82 Å². The van der Waals surface area contributed by atoms with Crippen LogP contribution < -0.4 is 15.2 Å². The minimum Gasteiger partial charge on any atom is -0.494 e. The topological polar surface area (TPSA) is 44.5 Å². The van der Waals surface area contributed by atoms with Gasteiger partial charge in [-0.2, -0.15) is 0 Å². The van der Waals surface area contributed by atoms with Crippen molar-refractivity contribution >= 4 is 17.4 Å². The van der Waals surface area contributed by atoms with Gasteiger partial charge in [-0.15, -0.1) is 11.8 Å². The molecule has 0 radical (unpaired) electrons. The number of hydrogen-bond acceptors (Lipinski definition) is 4. The van der Waals surface area contributed by atoms with Gasteiger partial charge in [0.1, 0.15) is 17.3 Å². The van der Waals surface area contributed by atoms with Gasteiger partial charge in [0.05, 0.1) is 13.2 Å². The lowest BCUT2D eigenvalue weighted by molar-refractivity contribution is 0.332. The van der Waals surface area contributed by atoms with Gasteiger partial charge in [-0.3, -0.25) is 0 Å². The summed E-state index contributed by atoms with van der Waals surface area (Å²) in [5.41, 5.74) is 6.37. The van der Waals surface area contributed by atoms with Crippen molar-refractivity contribution in [2.24, 2.45) is 0 Å². The summed E-state index contributed by atoms with van der Waals surface area (Å²) in [6.07, 6.45) is 0. The zero-order valence-corrected chi connectivity index (χ0v) is 12.7. The van der Waals surface area contributed by atoms with Gasteiger partial charge in [0.2, 0.25) is 0 Å². The second-order valence-electron chi connectivity index (χ2n) is 4.28. The van der Waals surface area contributed by atoms with Crippen LogP contribution in [0.25, 0.3) is 0 Å². The lowest BCUT2D eigenvalue weighted by Gasteiger charge is -2.08. The zero-order chi connectivity index (χ0) is 15.1. The van der Waals surface area contributed by atoms with Crippen LogP contribution in [0.2, 0.25) is 0 Å². The third-order valence-electron chi connectivity index (χ3n) is 2.72. The number of halogens is 1. The van der Waals surface area contributed by atoms with Gasteiger partial charge in [-0.25, -0.2) is 4.39 Å². The molecule has 0 aliphatic heterocycles. The Morgan fingerprint density at radius 2 is 1.71 bits per heavy atom. The van der Waals surface area contributed by atoms with Crippen LogP contribution in [0.4, 0.5) is 10.1 Å². The Balaban J connectivity index is 1.77. The van der Waals surface area contributed by atoms with Gasteiger partial charge in [-0.05, 0) is 49.4 Å². The molecular weight excluding hydrogens is 289 g/mol. The van der Waals surface area contributed by atoms with Gasteiger partial charge in [0.15, 0.2) is 0 Å². The largest absolute Gasteiger partial charge is 0.494 e. The number of hydrogen-bond donors (Lipinski definition) is 1. The van der Waals surface area contributed by atoms with E-state index < -0.39 is 0 Å². The van der Waals surface area contributed by atoms with E-state index >= 15 is 0 Å². The average molecular weight is 307 g/mol. The quantitative estimate of drug-likeness (QED) is 0.477. The Morgan fingerprint density at radius 3 is 2.38 bits per heavy atom.